The maximum Gasteiger partial charge on any atom is 0.339 e. The van der Waals surface area contributed by atoms with Crippen molar-refractivity contribution in [3.05, 3.63) is 39.7 Å². The predicted octanol–water partition coefficient (Wildman–Crippen LogP) is 2.62. The molecule has 1 heterocycles. The molecule has 0 spiro atoms. The third-order valence-corrected chi connectivity index (χ3v) is 2.83. The lowest BCUT2D eigenvalue weighted by molar-refractivity contribution is 0.455. The van der Waals surface area contributed by atoms with Gasteiger partial charge in [0.1, 0.15) is 0 Å². The fraction of sp³-hybridized carbons (Fsp3) is 0.308. The Morgan fingerprint density at radius 1 is 1.19 bits per heavy atom. The Bertz CT molecular complexity index is 581. The molecule has 0 radical (unpaired) electrons. The summed E-state index contributed by atoms with van der Waals surface area (Å²) in [4.78, 5) is 11.7. The number of hydrogen-bond donors (Lipinski definition) is 1. The quantitative estimate of drug-likeness (QED) is 0.788. The largest absolute Gasteiger partial charge is 0.504 e. The Morgan fingerprint density at radius 3 is 2.50 bits per heavy atom. The molecule has 1 aromatic heterocycles. The number of aromatic hydroxyl groups is 1. The molecule has 0 atom stereocenters. The van der Waals surface area contributed by atoms with Crippen molar-refractivity contribution in [1.29, 1.82) is 0 Å². The summed E-state index contributed by atoms with van der Waals surface area (Å²) < 4.78 is 5.15. The summed E-state index contributed by atoms with van der Waals surface area (Å²) in [7, 11) is 0. The maximum atomic E-state index is 11.7. The molecule has 1 aromatic carbocycles. The van der Waals surface area contributed by atoms with E-state index in [4.69, 9.17) is 4.42 Å². The van der Waals surface area contributed by atoms with Crippen LogP contribution in [0.4, 0.5) is 0 Å². The van der Waals surface area contributed by atoms with E-state index < -0.39 is 0 Å². The second-order valence-electron chi connectivity index (χ2n) is 3.71. The van der Waals surface area contributed by atoms with Gasteiger partial charge in [-0.3, -0.25) is 0 Å². The first-order valence-corrected chi connectivity index (χ1v) is 5.45. The molecule has 3 heteroatoms. The number of hydrogen-bond acceptors (Lipinski definition) is 3. The lowest BCUT2D eigenvalue weighted by Gasteiger charge is -2.08. The van der Waals surface area contributed by atoms with Crippen molar-refractivity contribution in [3.8, 4) is 5.75 Å². The number of benzene rings is 1. The average molecular weight is 218 g/mol. The third-order valence-electron chi connectivity index (χ3n) is 2.83. The van der Waals surface area contributed by atoms with Gasteiger partial charge in [-0.05, 0) is 24.5 Å². The molecule has 16 heavy (non-hydrogen) atoms. The van der Waals surface area contributed by atoms with Gasteiger partial charge in [-0.25, -0.2) is 4.79 Å². The van der Waals surface area contributed by atoms with E-state index in [1.54, 1.807) is 6.07 Å². The van der Waals surface area contributed by atoms with Crippen molar-refractivity contribution in [2.45, 2.75) is 26.7 Å². The molecule has 0 aliphatic carbocycles. The molecule has 1 N–H and O–H groups in total. The fourth-order valence-corrected chi connectivity index (χ4v) is 2.07. The lowest BCUT2D eigenvalue weighted by atomic mass is 10.0. The summed E-state index contributed by atoms with van der Waals surface area (Å²) in [5.41, 5.74) is 1.64. The first-order valence-electron chi connectivity index (χ1n) is 5.45. The smallest absolute Gasteiger partial charge is 0.339 e. The minimum absolute atomic E-state index is 0.0203. The van der Waals surface area contributed by atoms with Crippen LogP contribution in [0.5, 0.6) is 5.75 Å². The van der Waals surface area contributed by atoms with Gasteiger partial charge in [0.2, 0.25) is 0 Å². The van der Waals surface area contributed by atoms with Crippen molar-refractivity contribution in [3.63, 3.8) is 0 Å². The van der Waals surface area contributed by atoms with Gasteiger partial charge < -0.3 is 9.52 Å². The van der Waals surface area contributed by atoms with E-state index in [1.807, 2.05) is 19.9 Å². The van der Waals surface area contributed by atoms with Crippen LogP contribution in [-0.4, -0.2) is 5.11 Å². The van der Waals surface area contributed by atoms with Gasteiger partial charge in [0.15, 0.2) is 11.3 Å². The van der Waals surface area contributed by atoms with Crippen LogP contribution in [0, 0.1) is 0 Å². The van der Waals surface area contributed by atoms with E-state index in [-0.39, 0.29) is 11.4 Å². The molecule has 2 rings (SSSR count). The number of aryl methyl sites for hydroxylation is 1. The van der Waals surface area contributed by atoms with Crippen LogP contribution >= 0.6 is 0 Å². The van der Waals surface area contributed by atoms with Crippen molar-refractivity contribution >= 4 is 11.0 Å². The first kappa shape index (κ1) is 10.7. The van der Waals surface area contributed by atoms with E-state index in [1.165, 1.54) is 6.07 Å². The van der Waals surface area contributed by atoms with Gasteiger partial charge in [-0.15, -0.1) is 0 Å². The van der Waals surface area contributed by atoms with Gasteiger partial charge in [-0.1, -0.05) is 26.0 Å². The van der Waals surface area contributed by atoms with Crippen LogP contribution in [0.1, 0.15) is 25.0 Å². The molecule has 0 fully saturated rings. The van der Waals surface area contributed by atoms with Crippen LogP contribution in [0.3, 0.4) is 0 Å². The molecule has 0 aliphatic heterocycles. The van der Waals surface area contributed by atoms with Crippen LogP contribution in [0.25, 0.3) is 11.0 Å². The second-order valence-corrected chi connectivity index (χ2v) is 3.71. The molecule has 0 saturated carbocycles. The van der Waals surface area contributed by atoms with E-state index in [9.17, 15) is 9.90 Å². The Labute approximate surface area is 93.3 Å². The molecule has 3 nitrogen and oxygen atoms in total. The highest BCUT2D eigenvalue weighted by molar-refractivity contribution is 5.85. The van der Waals surface area contributed by atoms with Crippen LogP contribution in [0.15, 0.2) is 27.4 Å². The summed E-state index contributed by atoms with van der Waals surface area (Å²) in [5, 5.41) is 10.5. The number of fused-ring (bicyclic) bond motifs is 1. The Balaban J connectivity index is 2.96. The van der Waals surface area contributed by atoms with E-state index >= 15 is 0 Å². The van der Waals surface area contributed by atoms with Crippen molar-refractivity contribution in [1.82, 2.24) is 0 Å². The van der Waals surface area contributed by atoms with Crippen molar-refractivity contribution < 1.29 is 9.52 Å². The average Bonchev–Trinajstić information content (AvgIpc) is 2.28. The minimum Gasteiger partial charge on any atom is -0.504 e. The molecular weight excluding hydrogens is 204 g/mol. The molecule has 0 aliphatic rings. The zero-order chi connectivity index (χ0) is 11.7. The molecular formula is C13H14O3. The fourth-order valence-electron chi connectivity index (χ4n) is 2.07. The summed E-state index contributed by atoms with van der Waals surface area (Å²) >= 11 is 0. The number of para-hydroxylation sites is 1. The summed E-state index contributed by atoms with van der Waals surface area (Å²) in [6.45, 7) is 3.93. The lowest BCUT2D eigenvalue weighted by Crippen LogP contribution is -2.10. The highest BCUT2D eigenvalue weighted by Gasteiger charge is 2.13. The van der Waals surface area contributed by atoms with E-state index in [2.05, 4.69) is 0 Å². The van der Waals surface area contributed by atoms with Gasteiger partial charge in [0, 0.05) is 10.9 Å². The van der Waals surface area contributed by atoms with Gasteiger partial charge in [0.05, 0.1) is 0 Å². The molecule has 84 valence electrons. The van der Waals surface area contributed by atoms with E-state index in [0.717, 1.165) is 17.4 Å². The molecule has 2 aromatic rings. The monoisotopic (exact) mass is 218 g/mol. The Hall–Kier alpha value is -1.77. The molecule has 0 unspecified atom stereocenters. The van der Waals surface area contributed by atoms with E-state index in [0.29, 0.717) is 17.6 Å². The predicted molar refractivity (Wildman–Crippen MR) is 62.9 cm³/mol. The van der Waals surface area contributed by atoms with Crippen molar-refractivity contribution in [2.24, 2.45) is 0 Å². The Morgan fingerprint density at radius 2 is 1.88 bits per heavy atom. The van der Waals surface area contributed by atoms with Gasteiger partial charge in [0.25, 0.3) is 0 Å². The molecule has 0 bridgehead atoms. The van der Waals surface area contributed by atoms with Crippen LogP contribution in [-0.2, 0) is 12.8 Å². The summed E-state index contributed by atoms with van der Waals surface area (Å²) in [5.74, 6) is 0.0203. The summed E-state index contributed by atoms with van der Waals surface area (Å²) in [6.07, 6.45) is 1.41. The second kappa shape index (κ2) is 4.00. The standard InChI is InChI=1S/C13H14O3/c1-3-8-9(4-2)13(15)16-12-10(8)6-5-7-11(12)14/h5-7,14H,3-4H2,1-2H3. The number of rotatable bonds is 2. The SMILES string of the molecule is CCc1c(CC)c2cccc(O)c2oc1=O. The molecule has 0 saturated heterocycles. The zero-order valence-corrected chi connectivity index (χ0v) is 9.41. The number of phenolic OH excluding ortho intramolecular Hbond substituents is 1. The third kappa shape index (κ3) is 1.48. The van der Waals surface area contributed by atoms with Crippen LogP contribution < -0.4 is 5.63 Å². The highest BCUT2D eigenvalue weighted by Crippen LogP contribution is 2.27. The van der Waals surface area contributed by atoms with Crippen molar-refractivity contribution in [2.75, 3.05) is 0 Å². The topological polar surface area (TPSA) is 50.4 Å². The van der Waals surface area contributed by atoms with Gasteiger partial charge >= 0.3 is 5.63 Å². The first-order chi connectivity index (χ1) is 7.69. The highest BCUT2D eigenvalue weighted by atomic mass is 16.4. The minimum atomic E-state index is -0.339. The zero-order valence-electron chi connectivity index (χ0n) is 9.41. The number of phenols is 1. The maximum absolute atomic E-state index is 11.7. The molecule has 0 amide bonds. The van der Waals surface area contributed by atoms with Crippen LogP contribution in [0.2, 0.25) is 0 Å². The Kier molecular flexibility index (Phi) is 2.69. The van der Waals surface area contributed by atoms with Gasteiger partial charge in [-0.2, -0.15) is 0 Å². The summed E-state index contributed by atoms with van der Waals surface area (Å²) in [6, 6.07) is 5.16. The normalized spacial score (nSPS) is 10.9.